The topological polar surface area (TPSA) is 30.2 Å². The third-order valence-corrected chi connectivity index (χ3v) is 3.42. The van der Waals surface area contributed by atoms with Gasteiger partial charge in [-0.15, -0.1) is 0 Å². The number of aryl methyl sites for hydroxylation is 1. The molecule has 2 heterocycles. The normalized spacial score (nSPS) is 12.1. The van der Waals surface area contributed by atoms with E-state index in [1.807, 2.05) is 0 Å². The number of benzene rings is 1. The average molecular weight is 330 g/mol. The second kappa shape index (κ2) is 4.95. The Morgan fingerprint density at radius 1 is 1.18 bits per heavy atom. The van der Waals surface area contributed by atoms with Crippen LogP contribution in [0.5, 0.6) is 0 Å². The summed E-state index contributed by atoms with van der Waals surface area (Å²) in [5, 5.41) is 3.79. The van der Waals surface area contributed by atoms with Crippen molar-refractivity contribution in [3.8, 4) is 11.1 Å². The summed E-state index contributed by atoms with van der Waals surface area (Å²) in [6, 6.07) is 6.42. The Morgan fingerprint density at radius 3 is 2.50 bits per heavy atom. The highest BCUT2D eigenvalue weighted by Gasteiger charge is 2.34. The van der Waals surface area contributed by atoms with Crippen molar-refractivity contribution in [1.29, 1.82) is 0 Å². The van der Waals surface area contributed by atoms with Crippen molar-refractivity contribution < 1.29 is 17.6 Å². The fraction of sp³-hybridized carbons (Fsp3) is 0.143. The zero-order valence-corrected chi connectivity index (χ0v) is 11.9. The summed E-state index contributed by atoms with van der Waals surface area (Å²) in [6.45, 7) is 1.56. The summed E-state index contributed by atoms with van der Waals surface area (Å²) in [4.78, 5) is 3.57. The van der Waals surface area contributed by atoms with Gasteiger partial charge in [0.1, 0.15) is 16.7 Å². The van der Waals surface area contributed by atoms with Crippen LogP contribution in [0.1, 0.15) is 11.4 Å². The Bertz CT molecular complexity index is 870. The molecule has 114 valence electrons. The van der Waals surface area contributed by atoms with Crippen molar-refractivity contribution in [3.63, 3.8) is 0 Å². The first-order chi connectivity index (χ1) is 10.3. The maximum absolute atomic E-state index is 14.0. The number of alkyl halides is 3. The molecule has 0 aliphatic rings. The van der Waals surface area contributed by atoms with Gasteiger partial charge in [-0.25, -0.2) is 13.9 Å². The molecule has 8 heteroatoms. The van der Waals surface area contributed by atoms with Gasteiger partial charge in [0, 0.05) is 11.6 Å². The first kappa shape index (κ1) is 14.8. The van der Waals surface area contributed by atoms with E-state index in [-0.39, 0.29) is 21.9 Å². The molecule has 0 spiro atoms. The zero-order valence-electron chi connectivity index (χ0n) is 11.1. The lowest BCUT2D eigenvalue weighted by Crippen LogP contribution is -2.10. The van der Waals surface area contributed by atoms with E-state index in [1.54, 1.807) is 13.0 Å². The minimum atomic E-state index is -4.66. The van der Waals surface area contributed by atoms with Crippen molar-refractivity contribution >= 4 is 17.2 Å². The summed E-state index contributed by atoms with van der Waals surface area (Å²) in [7, 11) is 0. The Hall–Kier alpha value is -2.15. The summed E-state index contributed by atoms with van der Waals surface area (Å²) >= 11 is 5.85. The van der Waals surface area contributed by atoms with Gasteiger partial charge in [0.15, 0.2) is 5.65 Å². The molecule has 3 rings (SSSR count). The van der Waals surface area contributed by atoms with E-state index in [1.165, 1.54) is 18.2 Å². The van der Waals surface area contributed by atoms with Gasteiger partial charge in [-0.2, -0.15) is 18.3 Å². The predicted octanol–water partition coefficient (Wildman–Crippen LogP) is 4.52. The summed E-state index contributed by atoms with van der Waals surface area (Å²) in [6.07, 6.45) is -4.66. The Kier molecular flexibility index (Phi) is 3.32. The second-order valence-corrected chi connectivity index (χ2v) is 5.02. The van der Waals surface area contributed by atoms with Gasteiger partial charge in [0.2, 0.25) is 0 Å². The van der Waals surface area contributed by atoms with E-state index in [0.29, 0.717) is 11.8 Å². The third kappa shape index (κ3) is 2.31. The molecular formula is C14H8ClF4N3. The van der Waals surface area contributed by atoms with E-state index in [9.17, 15) is 17.6 Å². The van der Waals surface area contributed by atoms with Gasteiger partial charge < -0.3 is 0 Å². The number of aromatic nitrogens is 3. The van der Waals surface area contributed by atoms with E-state index in [0.717, 1.165) is 4.52 Å². The molecule has 22 heavy (non-hydrogen) atoms. The molecule has 0 saturated carbocycles. The molecule has 0 N–H and O–H groups in total. The second-order valence-electron chi connectivity index (χ2n) is 4.64. The lowest BCUT2D eigenvalue weighted by molar-refractivity contribution is -0.141. The SMILES string of the molecule is Cc1nn2c(Cl)cc(C(F)(F)F)nc2c1-c1ccccc1F. The zero-order chi connectivity index (χ0) is 16.1. The van der Waals surface area contributed by atoms with E-state index in [4.69, 9.17) is 11.6 Å². The van der Waals surface area contributed by atoms with Crippen LogP contribution in [0.4, 0.5) is 17.6 Å². The van der Waals surface area contributed by atoms with Gasteiger partial charge in [0.25, 0.3) is 0 Å². The molecule has 0 aliphatic heterocycles. The smallest absolute Gasteiger partial charge is 0.223 e. The minimum absolute atomic E-state index is 0.123. The third-order valence-electron chi connectivity index (χ3n) is 3.15. The molecular weight excluding hydrogens is 322 g/mol. The molecule has 0 amide bonds. The number of rotatable bonds is 1. The maximum Gasteiger partial charge on any atom is 0.433 e. The van der Waals surface area contributed by atoms with Gasteiger partial charge in [-0.1, -0.05) is 29.8 Å². The molecule has 0 bridgehead atoms. The highest BCUT2D eigenvalue weighted by atomic mass is 35.5. The van der Waals surface area contributed by atoms with Crippen LogP contribution in [0, 0.1) is 12.7 Å². The van der Waals surface area contributed by atoms with Crippen molar-refractivity contribution in [1.82, 2.24) is 14.6 Å². The lowest BCUT2D eigenvalue weighted by Gasteiger charge is -2.08. The number of fused-ring (bicyclic) bond motifs is 1. The van der Waals surface area contributed by atoms with Crippen LogP contribution in [-0.2, 0) is 6.18 Å². The van der Waals surface area contributed by atoms with Crippen molar-refractivity contribution in [2.24, 2.45) is 0 Å². The number of nitrogens with zero attached hydrogens (tertiary/aromatic N) is 3. The van der Waals surface area contributed by atoms with E-state index in [2.05, 4.69) is 10.1 Å². The van der Waals surface area contributed by atoms with Gasteiger partial charge in [0.05, 0.1) is 11.3 Å². The van der Waals surface area contributed by atoms with Crippen LogP contribution in [-0.4, -0.2) is 14.6 Å². The van der Waals surface area contributed by atoms with Gasteiger partial charge in [-0.05, 0) is 13.0 Å². The van der Waals surface area contributed by atoms with Crippen LogP contribution >= 0.6 is 11.6 Å². The molecule has 2 aromatic heterocycles. The molecule has 0 aliphatic carbocycles. The van der Waals surface area contributed by atoms with Gasteiger partial charge in [-0.3, -0.25) is 0 Å². The molecule has 0 unspecified atom stereocenters. The molecule has 0 fully saturated rings. The molecule has 3 aromatic rings. The van der Waals surface area contributed by atoms with E-state index < -0.39 is 17.7 Å². The number of hydrogen-bond acceptors (Lipinski definition) is 2. The predicted molar refractivity (Wildman–Crippen MR) is 73.1 cm³/mol. The van der Waals surface area contributed by atoms with Crippen LogP contribution in [0.3, 0.4) is 0 Å². The number of halogens is 5. The van der Waals surface area contributed by atoms with E-state index >= 15 is 0 Å². The Morgan fingerprint density at radius 2 is 1.86 bits per heavy atom. The van der Waals surface area contributed by atoms with Crippen LogP contribution in [0.2, 0.25) is 5.15 Å². The molecule has 0 radical (unpaired) electrons. The van der Waals surface area contributed by atoms with Crippen LogP contribution < -0.4 is 0 Å². The fourth-order valence-corrected chi connectivity index (χ4v) is 2.43. The highest BCUT2D eigenvalue weighted by Crippen LogP contribution is 2.34. The molecule has 0 saturated heterocycles. The fourth-order valence-electron chi connectivity index (χ4n) is 2.21. The summed E-state index contributed by atoms with van der Waals surface area (Å²) in [5.74, 6) is -0.573. The van der Waals surface area contributed by atoms with Crippen LogP contribution in [0.25, 0.3) is 16.8 Å². The summed E-state index contributed by atoms with van der Waals surface area (Å²) < 4.78 is 53.7. The first-order valence-corrected chi connectivity index (χ1v) is 6.55. The van der Waals surface area contributed by atoms with Crippen molar-refractivity contribution in [2.75, 3.05) is 0 Å². The standard InChI is InChI=1S/C14H8ClF4N3/c1-7-12(8-4-2-3-5-9(8)16)13-20-10(14(17,18)19)6-11(15)22(13)21-7/h2-6H,1H3. The van der Waals surface area contributed by atoms with Crippen LogP contribution in [0.15, 0.2) is 30.3 Å². The largest absolute Gasteiger partial charge is 0.433 e. The summed E-state index contributed by atoms with van der Waals surface area (Å²) in [5.41, 5.74) is -0.646. The maximum atomic E-state index is 14.0. The molecule has 0 atom stereocenters. The van der Waals surface area contributed by atoms with Crippen molar-refractivity contribution in [2.45, 2.75) is 13.1 Å². The highest BCUT2D eigenvalue weighted by molar-refractivity contribution is 6.29. The molecule has 3 nitrogen and oxygen atoms in total. The first-order valence-electron chi connectivity index (χ1n) is 6.17. The van der Waals surface area contributed by atoms with Crippen molar-refractivity contribution in [3.05, 3.63) is 52.7 Å². The quantitative estimate of drug-likeness (QED) is 0.485. The Labute approximate surface area is 127 Å². The minimum Gasteiger partial charge on any atom is -0.223 e. The number of hydrogen-bond donors (Lipinski definition) is 0. The average Bonchev–Trinajstić information content (AvgIpc) is 2.75. The molecule has 1 aromatic carbocycles. The monoisotopic (exact) mass is 329 g/mol. The van der Waals surface area contributed by atoms with Gasteiger partial charge >= 0.3 is 6.18 Å². The lowest BCUT2D eigenvalue weighted by atomic mass is 10.1. The Balaban J connectivity index is 2.38.